The van der Waals surface area contributed by atoms with Crippen LogP contribution in [0.1, 0.15) is 53.9 Å². The fraction of sp³-hybridized carbons (Fsp3) is 0.773. The Bertz CT molecular complexity index is 699. The molecule has 2 N–H and O–H groups in total. The predicted molar refractivity (Wildman–Crippen MR) is 108 cm³/mol. The molecule has 2 aliphatic rings. The van der Waals surface area contributed by atoms with Crippen LogP contribution in [-0.2, 0) is 33.3 Å². The van der Waals surface area contributed by atoms with Gasteiger partial charge >= 0.3 is 17.9 Å². The summed E-state index contributed by atoms with van der Waals surface area (Å²) in [6, 6.07) is 0. The highest BCUT2D eigenvalue weighted by Gasteiger charge is 2.61. The molecular formula is C22H34O9. The molecule has 0 aromatic rings. The SMILES string of the molecule is CC(=O)OC[C@@]1(O)C(O)CC2C(COC(=O)CC(C)C)=COC(OC(=O)CC(C)C)C21. The average Bonchev–Trinajstić information content (AvgIpc) is 2.90. The summed E-state index contributed by atoms with van der Waals surface area (Å²) in [4.78, 5) is 35.5. The minimum atomic E-state index is -1.89. The number of fused-ring (bicyclic) bond motifs is 1. The Balaban J connectivity index is 2.24. The quantitative estimate of drug-likeness (QED) is 0.405. The molecule has 0 spiro atoms. The van der Waals surface area contributed by atoms with Gasteiger partial charge in [-0.3, -0.25) is 14.4 Å². The lowest BCUT2D eigenvalue weighted by Gasteiger charge is -2.40. The van der Waals surface area contributed by atoms with Gasteiger partial charge in [0.1, 0.15) is 18.8 Å². The van der Waals surface area contributed by atoms with Crippen molar-refractivity contribution >= 4 is 17.9 Å². The first kappa shape index (κ1) is 25.1. The zero-order valence-corrected chi connectivity index (χ0v) is 18.8. The Morgan fingerprint density at radius 1 is 1.13 bits per heavy atom. The van der Waals surface area contributed by atoms with Crippen LogP contribution >= 0.6 is 0 Å². The molecular weight excluding hydrogens is 408 g/mol. The zero-order chi connectivity index (χ0) is 23.3. The number of rotatable bonds is 9. The van der Waals surface area contributed by atoms with E-state index in [2.05, 4.69) is 0 Å². The molecule has 0 amide bonds. The third kappa shape index (κ3) is 6.43. The van der Waals surface area contributed by atoms with E-state index in [1.807, 2.05) is 27.7 Å². The lowest BCUT2D eigenvalue weighted by Crippen LogP contribution is -2.54. The van der Waals surface area contributed by atoms with Gasteiger partial charge in [0, 0.05) is 31.3 Å². The number of carbonyl (C=O) groups is 3. The van der Waals surface area contributed by atoms with E-state index in [9.17, 15) is 24.6 Å². The van der Waals surface area contributed by atoms with E-state index in [1.54, 1.807) is 0 Å². The highest BCUT2D eigenvalue weighted by atomic mass is 16.7. The number of hydrogen-bond acceptors (Lipinski definition) is 9. The first-order valence-corrected chi connectivity index (χ1v) is 10.7. The van der Waals surface area contributed by atoms with Crippen LogP contribution in [0, 0.1) is 23.7 Å². The van der Waals surface area contributed by atoms with Gasteiger partial charge in [0.15, 0.2) is 0 Å². The van der Waals surface area contributed by atoms with Gasteiger partial charge in [-0.1, -0.05) is 27.7 Å². The van der Waals surface area contributed by atoms with E-state index in [1.165, 1.54) is 13.2 Å². The second-order valence-corrected chi connectivity index (χ2v) is 9.20. The van der Waals surface area contributed by atoms with Crippen molar-refractivity contribution in [2.45, 2.75) is 71.9 Å². The summed E-state index contributed by atoms with van der Waals surface area (Å²) in [5, 5.41) is 21.9. The monoisotopic (exact) mass is 442 g/mol. The van der Waals surface area contributed by atoms with Crippen LogP contribution in [0.3, 0.4) is 0 Å². The van der Waals surface area contributed by atoms with Crippen molar-refractivity contribution in [2.24, 2.45) is 23.7 Å². The topological polar surface area (TPSA) is 129 Å². The average molecular weight is 443 g/mol. The zero-order valence-electron chi connectivity index (χ0n) is 18.8. The van der Waals surface area contributed by atoms with E-state index in [0.717, 1.165) is 0 Å². The van der Waals surface area contributed by atoms with E-state index < -0.39 is 48.4 Å². The lowest BCUT2D eigenvalue weighted by atomic mass is 9.80. The van der Waals surface area contributed by atoms with Crippen LogP contribution in [-0.4, -0.2) is 59.3 Å². The van der Waals surface area contributed by atoms with Gasteiger partial charge in [0.2, 0.25) is 6.29 Å². The third-order valence-corrected chi connectivity index (χ3v) is 5.49. The Labute approximate surface area is 182 Å². The molecule has 2 rings (SSSR count). The normalized spacial score (nSPS) is 29.8. The van der Waals surface area contributed by atoms with E-state index in [0.29, 0.717) is 5.57 Å². The predicted octanol–water partition coefficient (Wildman–Crippen LogP) is 1.70. The van der Waals surface area contributed by atoms with Crippen molar-refractivity contribution in [3.63, 3.8) is 0 Å². The third-order valence-electron chi connectivity index (χ3n) is 5.49. The second-order valence-electron chi connectivity index (χ2n) is 9.20. The van der Waals surface area contributed by atoms with Crippen LogP contribution in [0.5, 0.6) is 0 Å². The standard InChI is InChI=1S/C22H34O9/c1-12(2)6-18(25)28-9-15-10-29-21(31-19(26)7-13(3)4)20-16(15)8-17(24)22(20,27)11-30-14(5)23/h10,12-13,16-17,20-21,24,27H,6-9,11H2,1-5H3/t16?,17?,20?,21?,22-/m1/s1. The number of esters is 3. The largest absolute Gasteiger partial charge is 0.463 e. The molecule has 176 valence electrons. The fourth-order valence-corrected chi connectivity index (χ4v) is 4.01. The summed E-state index contributed by atoms with van der Waals surface area (Å²) in [5.41, 5.74) is -1.34. The maximum atomic E-state index is 12.2. The van der Waals surface area contributed by atoms with Crippen molar-refractivity contribution in [3.8, 4) is 0 Å². The Hall–Kier alpha value is -2.13. The molecule has 0 aromatic carbocycles. The van der Waals surface area contributed by atoms with Crippen LogP contribution in [0.25, 0.3) is 0 Å². The van der Waals surface area contributed by atoms with Crippen LogP contribution in [0.15, 0.2) is 11.8 Å². The van der Waals surface area contributed by atoms with E-state index >= 15 is 0 Å². The van der Waals surface area contributed by atoms with Gasteiger partial charge in [0.05, 0.1) is 18.3 Å². The highest BCUT2D eigenvalue weighted by molar-refractivity contribution is 5.70. The van der Waals surface area contributed by atoms with Gasteiger partial charge in [-0.15, -0.1) is 0 Å². The molecule has 1 fully saturated rings. The number of ether oxygens (including phenoxy) is 4. The van der Waals surface area contributed by atoms with Crippen molar-refractivity contribution in [3.05, 3.63) is 11.8 Å². The van der Waals surface area contributed by atoms with E-state index in [4.69, 9.17) is 18.9 Å². The van der Waals surface area contributed by atoms with Gasteiger partial charge in [0.25, 0.3) is 0 Å². The molecule has 1 aliphatic carbocycles. The number of carbonyl (C=O) groups excluding carboxylic acids is 3. The summed E-state index contributed by atoms with van der Waals surface area (Å²) in [6.07, 6.45) is -0.546. The van der Waals surface area contributed by atoms with Gasteiger partial charge in [-0.25, -0.2) is 0 Å². The molecule has 0 aromatic heterocycles. The Kier molecular flexibility index (Phi) is 8.48. The lowest BCUT2D eigenvalue weighted by molar-refractivity contribution is -0.221. The van der Waals surface area contributed by atoms with Crippen molar-refractivity contribution in [1.29, 1.82) is 0 Å². The number of aliphatic hydroxyl groups is 2. The summed E-state index contributed by atoms with van der Waals surface area (Å²) in [6.45, 7) is 8.18. The molecule has 0 saturated heterocycles. The smallest absolute Gasteiger partial charge is 0.309 e. The van der Waals surface area contributed by atoms with Crippen LogP contribution in [0.4, 0.5) is 0 Å². The van der Waals surface area contributed by atoms with Crippen molar-refractivity contribution in [1.82, 2.24) is 0 Å². The van der Waals surface area contributed by atoms with Gasteiger partial charge < -0.3 is 29.2 Å². The molecule has 4 unspecified atom stereocenters. The summed E-state index contributed by atoms with van der Waals surface area (Å²) < 4.78 is 21.4. The number of aliphatic hydroxyl groups excluding tert-OH is 1. The minimum absolute atomic E-state index is 0.0625. The molecule has 1 saturated carbocycles. The van der Waals surface area contributed by atoms with Crippen LogP contribution < -0.4 is 0 Å². The maximum absolute atomic E-state index is 12.2. The summed E-state index contributed by atoms with van der Waals surface area (Å²) >= 11 is 0. The van der Waals surface area contributed by atoms with E-state index in [-0.39, 0.29) is 43.7 Å². The molecule has 1 heterocycles. The Morgan fingerprint density at radius 3 is 2.32 bits per heavy atom. The Morgan fingerprint density at radius 2 is 1.74 bits per heavy atom. The molecule has 9 heteroatoms. The van der Waals surface area contributed by atoms with Crippen molar-refractivity contribution < 1.29 is 43.5 Å². The summed E-state index contributed by atoms with van der Waals surface area (Å²) in [7, 11) is 0. The first-order valence-electron chi connectivity index (χ1n) is 10.7. The first-order chi connectivity index (χ1) is 14.4. The fourth-order valence-electron chi connectivity index (χ4n) is 4.01. The van der Waals surface area contributed by atoms with Crippen LogP contribution in [0.2, 0.25) is 0 Å². The van der Waals surface area contributed by atoms with Gasteiger partial charge in [-0.05, 0) is 18.3 Å². The highest BCUT2D eigenvalue weighted by Crippen LogP contribution is 2.49. The minimum Gasteiger partial charge on any atom is -0.463 e. The molecule has 1 aliphatic heterocycles. The number of hydrogen-bond donors (Lipinski definition) is 2. The van der Waals surface area contributed by atoms with Gasteiger partial charge in [-0.2, -0.15) is 0 Å². The molecule has 0 radical (unpaired) electrons. The van der Waals surface area contributed by atoms with Crippen molar-refractivity contribution in [2.75, 3.05) is 13.2 Å². The molecule has 9 nitrogen and oxygen atoms in total. The summed E-state index contributed by atoms with van der Waals surface area (Å²) in [5.74, 6) is -2.68. The molecule has 0 bridgehead atoms. The molecule has 31 heavy (non-hydrogen) atoms. The maximum Gasteiger partial charge on any atom is 0.309 e. The molecule has 5 atom stereocenters. The second kappa shape index (κ2) is 10.5.